The highest BCUT2D eigenvalue weighted by atomic mass is 35.5. The molecular weight excluding hydrogens is 362 g/mol. The fourth-order valence-electron chi connectivity index (χ4n) is 3.29. The van der Waals surface area contributed by atoms with Gasteiger partial charge in [0, 0.05) is 22.8 Å². The molecule has 0 saturated carbocycles. The van der Waals surface area contributed by atoms with E-state index >= 15 is 0 Å². The number of halogens is 1. The van der Waals surface area contributed by atoms with Gasteiger partial charge in [-0.1, -0.05) is 29.8 Å². The molecule has 2 aromatic carbocycles. The summed E-state index contributed by atoms with van der Waals surface area (Å²) in [5.74, 6) is 0. The van der Waals surface area contributed by atoms with Crippen LogP contribution in [0.2, 0.25) is 5.02 Å². The largest absolute Gasteiger partial charge is 0.328 e. The Bertz CT molecular complexity index is 1180. The van der Waals surface area contributed by atoms with Crippen molar-refractivity contribution in [1.29, 1.82) is 0 Å². The van der Waals surface area contributed by atoms with Crippen molar-refractivity contribution in [2.24, 2.45) is 5.73 Å². The molecule has 2 aromatic heterocycles. The Balaban J connectivity index is 1.82. The van der Waals surface area contributed by atoms with Gasteiger partial charge < -0.3 is 5.73 Å². The fraction of sp³-hybridized carbons (Fsp3) is 0.150. The minimum atomic E-state index is -0.330. The average molecular weight is 380 g/mol. The molecule has 4 aromatic rings. The maximum Gasteiger partial charge on any atom is 0.261 e. The molecule has 0 saturated heterocycles. The summed E-state index contributed by atoms with van der Waals surface area (Å²) >= 11 is 6.10. The van der Waals surface area contributed by atoms with Crippen LogP contribution < -0.4 is 11.3 Å². The van der Waals surface area contributed by atoms with Gasteiger partial charge in [0.25, 0.3) is 5.56 Å². The predicted molar refractivity (Wildman–Crippen MR) is 107 cm³/mol. The third-order valence-electron chi connectivity index (χ3n) is 4.72. The number of aryl methyl sites for hydroxylation is 1. The topological polar surface area (TPSA) is 89.6 Å². The first-order valence-electron chi connectivity index (χ1n) is 8.55. The quantitative estimate of drug-likeness (QED) is 0.569. The lowest BCUT2D eigenvalue weighted by Crippen LogP contribution is -2.30. The van der Waals surface area contributed by atoms with Crippen LogP contribution >= 0.6 is 11.6 Å². The van der Waals surface area contributed by atoms with E-state index in [0.717, 1.165) is 22.4 Å². The van der Waals surface area contributed by atoms with Crippen LogP contribution in [0.3, 0.4) is 0 Å². The Morgan fingerprint density at radius 3 is 2.81 bits per heavy atom. The highest BCUT2D eigenvalue weighted by molar-refractivity contribution is 6.30. The normalized spacial score (nSPS) is 12.4. The average Bonchev–Trinajstić information content (AvgIpc) is 3.10. The van der Waals surface area contributed by atoms with Gasteiger partial charge in [-0.2, -0.15) is 5.10 Å². The number of nitrogens with one attached hydrogen (secondary N) is 1. The molecule has 7 heteroatoms. The summed E-state index contributed by atoms with van der Waals surface area (Å²) in [7, 11) is 0. The van der Waals surface area contributed by atoms with E-state index in [-0.39, 0.29) is 18.1 Å². The third-order valence-corrected chi connectivity index (χ3v) is 4.95. The molecule has 0 aliphatic heterocycles. The van der Waals surface area contributed by atoms with Crippen molar-refractivity contribution in [3.8, 4) is 11.1 Å². The molecule has 27 heavy (non-hydrogen) atoms. The lowest BCUT2D eigenvalue weighted by molar-refractivity contribution is 0.570. The number of nitrogens with two attached hydrogens (primary N) is 1. The Morgan fingerprint density at radius 1 is 1.26 bits per heavy atom. The van der Waals surface area contributed by atoms with E-state index in [0.29, 0.717) is 15.9 Å². The van der Waals surface area contributed by atoms with Crippen LogP contribution in [0.25, 0.3) is 22.0 Å². The monoisotopic (exact) mass is 379 g/mol. The number of H-pyrrole nitrogens is 1. The molecule has 4 rings (SSSR count). The van der Waals surface area contributed by atoms with E-state index in [1.165, 1.54) is 0 Å². The van der Waals surface area contributed by atoms with Crippen LogP contribution in [0.4, 0.5) is 0 Å². The maximum atomic E-state index is 13.1. The van der Waals surface area contributed by atoms with Gasteiger partial charge in [0.2, 0.25) is 0 Å². The van der Waals surface area contributed by atoms with Gasteiger partial charge in [0.1, 0.15) is 0 Å². The van der Waals surface area contributed by atoms with Gasteiger partial charge in [-0.15, -0.1) is 0 Å². The number of hydrogen-bond donors (Lipinski definition) is 2. The van der Waals surface area contributed by atoms with Gasteiger partial charge in [-0.3, -0.25) is 14.5 Å². The molecule has 136 valence electrons. The Labute approximate surface area is 160 Å². The smallest absolute Gasteiger partial charge is 0.261 e. The molecule has 0 aliphatic carbocycles. The van der Waals surface area contributed by atoms with Crippen LogP contribution in [0, 0.1) is 6.92 Å². The standard InChI is InChI=1S/C20H18ClN5O/c1-12-17(10-24-25-12)13-5-6-16-18(8-13)23-11-26(20(16)27)19(9-22)14-3-2-4-15(21)7-14/h2-8,10-11,19H,9,22H2,1H3,(H,24,25). The lowest BCUT2D eigenvalue weighted by atomic mass is 10.0. The zero-order valence-corrected chi connectivity index (χ0v) is 15.4. The van der Waals surface area contributed by atoms with Gasteiger partial charge in [0.05, 0.1) is 29.5 Å². The second-order valence-corrected chi connectivity index (χ2v) is 6.84. The van der Waals surface area contributed by atoms with E-state index in [1.807, 2.05) is 37.3 Å². The first kappa shape index (κ1) is 17.5. The van der Waals surface area contributed by atoms with Crippen molar-refractivity contribution in [3.05, 3.63) is 81.6 Å². The first-order chi connectivity index (χ1) is 13.1. The van der Waals surface area contributed by atoms with E-state index < -0.39 is 0 Å². The van der Waals surface area contributed by atoms with Crippen molar-refractivity contribution < 1.29 is 0 Å². The molecule has 0 bridgehead atoms. The number of nitrogens with zero attached hydrogens (tertiary/aromatic N) is 3. The van der Waals surface area contributed by atoms with Crippen LogP contribution in [0.1, 0.15) is 17.3 Å². The molecule has 1 unspecified atom stereocenters. The second-order valence-electron chi connectivity index (χ2n) is 6.40. The maximum absolute atomic E-state index is 13.1. The minimum absolute atomic E-state index is 0.133. The molecular formula is C20H18ClN5O. The van der Waals surface area contributed by atoms with Crippen molar-refractivity contribution >= 4 is 22.5 Å². The van der Waals surface area contributed by atoms with Gasteiger partial charge in [-0.25, -0.2) is 4.98 Å². The molecule has 6 nitrogen and oxygen atoms in total. The zero-order valence-electron chi connectivity index (χ0n) is 14.7. The highest BCUT2D eigenvalue weighted by Crippen LogP contribution is 2.25. The third kappa shape index (κ3) is 3.13. The summed E-state index contributed by atoms with van der Waals surface area (Å²) in [5, 5.41) is 8.12. The summed E-state index contributed by atoms with van der Waals surface area (Å²) in [4.78, 5) is 17.6. The second kappa shape index (κ2) is 6.98. The predicted octanol–water partition coefficient (Wildman–Crippen LogP) is 3.30. The minimum Gasteiger partial charge on any atom is -0.328 e. The van der Waals surface area contributed by atoms with Crippen LogP contribution in [-0.4, -0.2) is 26.3 Å². The SMILES string of the molecule is Cc1[nH]ncc1-c1ccc2c(=O)n(C(CN)c3cccc(Cl)c3)cnc2c1. The van der Waals surface area contributed by atoms with Crippen LogP contribution in [0.15, 0.2) is 59.8 Å². The van der Waals surface area contributed by atoms with E-state index in [1.54, 1.807) is 29.2 Å². The number of hydrogen-bond acceptors (Lipinski definition) is 4. The van der Waals surface area contributed by atoms with Crippen molar-refractivity contribution in [3.63, 3.8) is 0 Å². The number of benzene rings is 2. The molecule has 0 amide bonds. The number of fused-ring (bicyclic) bond motifs is 1. The fourth-order valence-corrected chi connectivity index (χ4v) is 3.49. The van der Waals surface area contributed by atoms with Gasteiger partial charge in [0.15, 0.2) is 0 Å². The van der Waals surface area contributed by atoms with Crippen molar-refractivity contribution in [1.82, 2.24) is 19.7 Å². The molecule has 1 atom stereocenters. The number of rotatable bonds is 4. The van der Waals surface area contributed by atoms with Gasteiger partial charge in [-0.05, 0) is 42.3 Å². The van der Waals surface area contributed by atoms with E-state index in [2.05, 4.69) is 15.2 Å². The zero-order chi connectivity index (χ0) is 19.0. The Morgan fingerprint density at radius 2 is 2.11 bits per heavy atom. The molecule has 0 aliphatic rings. The van der Waals surface area contributed by atoms with E-state index in [9.17, 15) is 4.79 Å². The molecule has 0 fully saturated rings. The molecule has 3 N–H and O–H groups in total. The number of aromatic amines is 1. The highest BCUT2D eigenvalue weighted by Gasteiger charge is 2.16. The summed E-state index contributed by atoms with van der Waals surface area (Å²) in [6, 6.07) is 12.6. The summed E-state index contributed by atoms with van der Waals surface area (Å²) in [6.45, 7) is 2.22. The van der Waals surface area contributed by atoms with Crippen molar-refractivity contribution in [2.75, 3.05) is 6.54 Å². The van der Waals surface area contributed by atoms with Crippen molar-refractivity contribution in [2.45, 2.75) is 13.0 Å². The van der Waals surface area contributed by atoms with E-state index in [4.69, 9.17) is 17.3 Å². The summed E-state index contributed by atoms with van der Waals surface area (Å²) < 4.78 is 1.57. The lowest BCUT2D eigenvalue weighted by Gasteiger charge is -2.19. The Kier molecular flexibility index (Phi) is 4.51. The summed E-state index contributed by atoms with van der Waals surface area (Å²) in [5.41, 5.74) is 10.3. The van der Waals surface area contributed by atoms with Gasteiger partial charge >= 0.3 is 0 Å². The number of aromatic nitrogens is 4. The van der Waals surface area contributed by atoms with Crippen LogP contribution in [-0.2, 0) is 0 Å². The molecule has 2 heterocycles. The molecule has 0 spiro atoms. The summed E-state index contributed by atoms with van der Waals surface area (Å²) in [6.07, 6.45) is 3.32. The molecule has 0 radical (unpaired) electrons. The first-order valence-corrected chi connectivity index (χ1v) is 8.93. The van der Waals surface area contributed by atoms with Crippen LogP contribution in [0.5, 0.6) is 0 Å². The Hall–Kier alpha value is -2.96.